The summed E-state index contributed by atoms with van der Waals surface area (Å²) in [7, 11) is -1.25. The molecule has 0 bridgehead atoms. The van der Waals surface area contributed by atoms with Crippen LogP contribution in [0.25, 0.3) is 0 Å². The SMILES string of the molecule is CCCCC1CC([Si](CCCC)(CCCC)C2CCCC2)C2C=CC=CC12. The summed E-state index contributed by atoms with van der Waals surface area (Å²) < 4.78 is 0. The third kappa shape index (κ3) is 4.65. The van der Waals surface area contributed by atoms with Gasteiger partial charge in [0.05, 0.1) is 8.07 Å². The Balaban J connectivity index is 1.90. The molecule has 27 heavy (non-hydrogen) atoms. The summed E-state index contributed by atoms with van der Waals surface area (Å²) in [5.74, 6) is 2.76. The van der Waals surface area contributed by atoms with Crippen molar-refractivity contribution in [2.45, 2.75) is 121 Å². The molecule has 0 nitrogen and oxygen atoms in total. The fourth-order valence-electron chi connectivity index (χ4n) is 7.27. The number of fused-ring (bicyclic) bond motifs is 1. The third-order valence-corrected chi connectivity index (χ3v) is 15.5. The molecule has 0 radical (unpaired) electrons. The highest BCUT2D eigenvalue weighted by Gasteiger charge is 2.54. The topological polar surface area (TPSA) is 0 Å². The van der Waals surface area contributed by atoms with Crippen LogP contribution in [0.15, 0.2) is 24.3 Å². The second-order valence-corrected chi connectivity index (χ2v) is 15.1. The highest BCUT2D eigenvalue weighted by Crippen LogP contribution is 2.61. The minimum absolute atomic E-state index is 0.878. The number of hydrogen-bond acceptors (Lipinski definition) is 0. The Kier molecular flexibility index (Phi) is 8.30. The number of hydrogen-bond donors (Lipinski definition) is 0. The average molecular weight is 387 g/mol. The van der Waals surface area contributed by atoms with E-state index in [0.717, 1.165) is 28.8 Å². The van der Waals surface area contributed by atoms with Gasteiger partial charge in [-0.25, -0.2) is 0 Å². The molecule has 3 rings (SSSR count). The molecule has 2 fully saturated rings. The van der Waals surface area contributed by atoms with Crippen molar-refractivity contribution in [2.24, 2.45) is 17.8 Å². The molecule has 0 saturated heterocycles. The molecular weight excluding hydrogens is 340 g/mol. The Morgan fingerprint density at radius 3 is 1.96 bits per heavy atom. The van der Waals surface area contributed by atoms with Crippen LogP contribution in [-0.4, -0.2) is 8.07 Å². The first-order valence-corrected chi connectivity index (χ1v) is 15.2. The zero-order valence-corrected chi connectivity index (χ0v) is 19.6. The summed E-state index contributed by atoms with van der Waals surface area (Å²) in [4.78, 5) is 0. The van der Waals surface area contributed by atoms with Crippen molar-refractivity contribution in [3.05, 3.63) is 24.3 Å². The molecule has 0 spiro atoms. The van der Waals surface area contributed by atoms with E-state index in [2.05, 4.69) is 45.1 Å². The van der Waals surface area contributed by atoms with E-state index in [1.807, 2.05) is 0 Å². The molecule has 2 saturated carbocycles. The predicted molar refractivity (Wildman–Crippen MR) is 124 cm³/mol. The number of rotatable bonds is 11. The van der Waals surface area contributed by atoms with Gasteiger partial charge < -0.3 is 0 Å². The van der Waals surface area contributed by atoms with Gasteiger partial charge in [0, 0.05) is 0 Å². The Morgan fingerprint density at radius 1 is 0.778 bits per heavy atom. The summed E-state index contributed by atoms with van der Waals surface area (Å²) in [5, 5.41) is 0. The Hall–Kier alpha value is -0.303. The lowest BCUT2D eigenvalue weighted by Crippen LogP contribution is -2.45. The predicted octanol–water partition coefficient (Wildman–Crippen LogP) is 8.92. The largest absolute Gasteiger partial charge is 0.0808 e. The zero-order valence-electron chi connectivity index (χ0n) is 18.6. The number of allylic oxidation sites excluding steroid dienone is 4. The fourth-order valence-corrected chi connectivity index (χ4v) is 15.1. The van der Waals surface area contributed by atoms with E-state index in [9.17, 15) is 0 Å². The molecule has 154 valence electrons. The molecule has 0 N–H and O–H groups in total. The van der Waals surface area contributed by atoms with Gasteiger partial charge in [0.25, 0.3) is 0 Å². The van der Waals surface area contributed by atoms with E-state index in [1.165, 1.54) is 57.8 Å². The van der Waals surface area contributed by atoms with Crippen LogP contribution in [0.4, 0.5) is 0 Å². The molecule has 4 atom stereocenters. The van der Waals surface area contributed by atoms with Crippen molar-refractivity contribution in [1.82, 2.24) is 0 Å². The Morgan fingerprint density at radius 2 is 1.37 bits per heavy atom. The van der Waals surface area contributed by atoms with Crippen LogP contribution in [0.3, 0.4) is 0 Å². The molecule has 3 aliphatic carbocycles. The normalized spacial score (nSPS) is 30.9. The fraction of sp³-hybridized carbons (Fsp3) is 0.846. The first kappa shape index (κ1) is 21.4. The van der Waals surface area contributed by atoms with Gasteiger partial charge in [-0.15, -0.1) is 0 Å². The third-order valence-electron chi connectivity index (χ3n) is 8.61. The molecule has 0 aromatic rings. The van der Waals surface area contributed by atoms with Crippen molar-refractivity contribution in [1.29, 1.82) is 0 Å². The first-order chi connectivity index (χ1) is 13.3. The lowest BCUT2D eigenvalue weighted by Gasteiger charge is -2.46. The minimum atomic E-state index is -1.25. The van der Waals surface area contributed by atoms with Gasteiger partial charge in [0.15, 0.2) is 0 Å². The summed E-state index contributed by atoms with van der Waals surface area (Å²) in [6.07, 6.45) is 28.1. The van der Waals surface area contributed by atoms with Gasteiger partial charge in [-0.3, -0.25) is 0 Å². The maximum absolute atomic E-state index is 2.68. The molecule has 0 aromatic heterocycles. The van der Waals surface area contributed by atoms with E-state index in [0.29, 0.717) is 0 Å². The molecular formula is C26H46Si. The molecule has 0 heterocycles. The summed E-state index contributed by atoms with van der Waals surface area (Å²) in [6, 6.07) is 3.31. The second-order valence-electron chi connectivity index (χ2n) is 10.1. The Labute approximate surface area is 171 Å². The van der Waals surface area contributed by atoms with Crippen molar-refractivity contribution in [3.8, 4) is 0 Å². The monoisotopic (exact) mass is 386 g/mol. The van der Waals surface area contributed by atoms with Gasteiger partial charge in [0.2, 0.25) is 0 Å². The maximum Gasteiger partial charge on any atom is 0.0604 e. The van der Waals surface area contributed by atoms with Crippen LogP contribution in [-0.2, 0) is 0 Å². The van der Waals surface area contributed by atoms with Gasteiger partial charge in [0.1, 0.15) is 0 Å². The molecule has 0 aromatic carbocycles. The Bertz CT molecular complexity index is 476. The lowest BCUT2D eigenvalue weighted by molar-refractivity contribution is 0.383. The first-order valence-electron chi connectivity index (χ1n) is 12.6. The summed E-state index contributed by atoms with van der Waals surface area (Å²) >= 11 is 0. The summed E-state index contributed by atoms with van der Waals surface area (Å²) in [6.45, 7) is 7.23. The number of unbranched alkanes of at least 4 members (excludes halogenated alkanes) is 3. The lowest BCUT2D eigenvalue weighted by atomic mass is 9.84. The van der Waals surface area contributed by atoms with Crippen molar-refractivity contribution < 1.29 is 0 Å². The second kappa shape index (κ2) is 10.5. The van der Waals surface area contributed by atoms with E-state index in [-0.39, 0.29) is 0 Å². The van der Waals surface area contributed by atoms with Crippen molar-refractivity contribution in [2.75, 3.05) is 0 Å². The average Bonchev–Trinajstić information content (AvgIpc) is 3.36. The van der Waals surface area contributed by atoms with Crippen LogP contribution in [0.2, 0.25) is 23.2 Å². The van der Waals surface area contributed by atoms with E-state index in [4.69, 9.17) is 0 Å². The molecule has 0 amide bonds. The van der Waals surface area contributed by atoms with Gasteiger partial charge >= 0.3 is 0 Å². The molecule has 3 aliphatic rings. The maximum atomic E-state index is 2.68. The van der Waals surface area contributed by atoms with E-state index in [1.54, 1.807) is 31.4 Å². The van der Waals surface area contributed by atoms with Crippen LogP contribution < -0.4 is 0 Å². The van der Waals surface area contributed by atoms with E-state index < -0.39 is 8.07 Å². The van der Waals surface area contributed by atoms with Crippen LogP contribution in [0, 0.1) is 17.8 Å². The summed E-state index contributed by atoms with van der Waals surface area (Å²) in [5.41, 5.74) is 2.25. The quantitative estimate of drug-likeness (QED) is 0.311. The van der Waals surface area contributed by atoms with Crippen LogP contribution in [0.5, 0.6) is 0 Å². The van der Waals surface area contributed by atoms with Gasteiger partial charge in [-0.1, -0.05) is 121 Å². The van der Waals surface area contributed by atoms with E-state index >= 15 is 0 Å². The highest BCUT2D eigenvalue weighted by atomic mass is 28.3. The van der Waals surface area contributed by atoms with Gasteiger partial charge in [-0.05, 0) is 41.7 Å². The zero-order chi connectivity index (χ0) is 19.1. The van der Waals surface area contributed by atoms with Crippen molar-refractivity contribution in [3.63, 3.8) is 0 Å². The van der Waals surface area contributed by atoms with Gasteiger partial charge in [-0.2, -0.15) is 0 Å². The highest BCUT2D eigenvalue weighted by molar-refractivity contribution is 6.82. The minimum Gasteiger partial charge on any atom is -0.0808 e. The molecule has 4 unspecified atom stereocenters. The standard InChI is InChI=1S/C26H46Si/c1-4-7-14-22-21-26(25-18-13-12-17-24(22)25)27(19-8-5-2,20-9-6-3)23-15-10-11-16-23/h12-13,17-18,22-26H,4-11,14-16,19-21H2,1-3H3. The van der Waals surface area contributed by atoms with Crippen LogP contribution in [0.1, 0.15) is 97.8 Å². The smallest absolute Gasteiger partial charge is 0.0604 e. The molecule has 1 heteroatoms. The van der Waals surface area contributed by atoms with Crippen molar-refractivity contribution >= 4 is 8.07 Å². The van der Waals surface area contributed by atoms with Crippen LogP contribution >= 0.6 is 0 Å². The molecule has 0 aliphatic heterocycles.